The molecule has 0 spiro atoms. The van der Waals surface area contributed by atoms with Gasteiger partial charge in [0.1, 0.15) is 0 Å². The molecule has 2 nitrogen and oxygen atoms in total. The molecule has 1 N–H and O–H groups in total. The van der Waals surface area contributed by atoms with E-state index in [1.807, 2.05) is 7.05 Å². The predicted molar refractivity (Wildman–Crippen MR) is 68.2 cm³/mol. The number of rotatable bonds is 4. The molecule has 0 aromatic heterocycles. The minimum atomic E-state index is -1.39. The summed E-state index contributed by atoms with van der Waals surface area (Å²) in [6, 6.07) is 2.17. The highest BCUT2D eigenvalue weighted by Gasteiger charge is 2.20. The molecule has 0 amide bonds. The van der Waals surface area contributed by atoms with E-state index >= 15 is 0 Å². The first kappa shape index (κ1) is 14.3. The van der Waals surface area contributed by atoms with Gasteiger partial charge >= 0.3 is 0 Å². The summed E-state index contributed by atoms with van der Waals surface area (Å²) >= 11 is 0. The second-order valence-electron chi connectivity index (χ2n) is 5.17. The highest BCUT2D eigenvalue weighted by molar-refractivity contribution is 5.19. The average Bonchev–Trinajstić information content (AvgIpc) is 2.37. The lowest BCUT2D eigenvalue weighted by atomic mass is 9.97. The van der Waals surface area contributed by atoms with Crippen LogP contribution in [0, 0.1) is 23.4 Å². The van der Waals surface area contributed by atoms with Gasteiger partial charge in [-0.2, -0.15) is 0 Å². The van der Waals surface area contributed by atoms with Gasteiger partial charge in [-0.1, -0.05) is 0 Å². The van der Waals surface area contributed by atoms with Gasteiger partial charge in [0.15, 0.2) is 17.5 Å². The molecule has 0 aliphatic carbocycles. The van der Waals surface area contributed by atoms with E-state index in [9.17, 15) is 13.2 Å². The van der Waals surface area contributed by atoms with Gasteiger partial charge in [-0.3, -0.25) is 4.90 Å². The summed E-state index contributed by atoms with van der Waals surface area (Å²) in [4.78, 5) is 2.16. The SMILES string of the molecule is CNCC1CCCN(Cc2cc(F)c(F)c(F)c2)C1. The Bertz CT molecular complexity index is 412. The van der Waals surface area contributed by atoms with Crippen molar-refractivity contribution in [3.63, 3.8) is 0 Å². The zero-order valence-corrected chi connectivity index (χ0v) is 11.1. The van der Waals surface area contributed by atoms with Crippen LogP contribution in [0.5, 0.6) is 0 Å². The zero-order chi connectivity index (χ0) is 13.8. The van der Waals surface area contributed by atoms with Crippen LogP contribution in [0.3, 0.4) is 0 Å². The highest BCUT2D eigenvalue weighted by Crippen LogP contribution is 2.20. The van der Waals surface area contributed by atoms with Crippen molar-refractivity contribution >= 4 is 0 Å². The first-order valence-corrected chi connectivity index (χ1v) is 6.60. The topological polar surface area (TPSA) is 15.3 Å². The Balaban J connectivity index is 2.00. The van der Waals surface area contributed by atoms with Crippen molar-refractivity contribution in [1.82, 2.24) is 10.2 Å². The van der Waals surface area contributed by atoms with Crippen molar-refractivity contribution in [1.29, 1.82) is 0 Å². The predicted octanol–water partition coefficient (Wildman–Crippen LogP) is 2.54. The summed E-state index contributed by atoms with van der Waals surface area (Å²) in [6.45, 7) is 3.24. The largest absolute Gasteiger partial charge is 0.319 e. The van der Waals surface area contributed by atoms with Crippen LogP contribution < -0.4 is 5.32 Å². The summed E-state index contributed by atoms with van der Waals surface area (Å²) in [5.74, 6) is -3.05. The van der Waals surface area contributed by atoms with Crippen LogP contribution >= 0.6 is 0 Å². The summed E-state index contributed by atoms with van der Waals surface area (Å²) < 4.78 is 39.2. The van der Waals surface area contributed by atoms with Gasteiger partial charge in [-0.25, -0.2) is 13.2 Å². The fourth-order valence-corrected chi connectivity index (χ4v) is 2.71. The van der Waals surface area contributed by atoms with Gasteiger partial charge < -0.3 is 5.32 Å². The van der Waals surface area contributed by atoms with Crippen LogP contribution in [0.15, 0.2) is 12.1 Å². The maximum absolute atomic E-state index is 13.1. The van der Waals surface area contributed by atoms with E-state index < -0.39 is 17.5 Å². The molecule has 1 heterocycles. The van der Waals surface area contributed by atoms with Crippen LogP contribution in [0.2, 0.25) is 0 Å². The molecule has 1 atom stereocenters. The molecule has 1 aliphatic heterocycles. The van der Waals surface area contributed by atoms with Crippen LogP contribution in [0.1, 0.15) is 18.4 Å². The molecule has 1 aromatic carbocycles. The molecule has 1 aliphatic rings. The van der Waals surface area contributed by atoms with Crippen molar-refractivity contribution in [2.24, 2.45) is 5.92 Å². The van der Waals surface area contributed by atoms with E-state index in [0.717, 1.165) is 38.2 Å². The van der Waals surface area contributed by atoms with Gasteiger partial charge in [-0.05, 0) is 56.6 Å². The molecule has 0 saturated carbocycles. The molecule has 106 valence electrons. The smallest absolute Gasteiger partial charge is 0.194 e. The van der Waals surface area contributed by atoms with Gasteiger partial charge in [0.2, 0.25) is 0 Å². The molecule has 0 radical (unpaired) electrons. The van der Waals surface area contributed by atoms with Crippen LogP contribution in [-0.4, -0.2) is 31.6 Å². The number of halogens is 3. The quantitative estimate of drug-likeness (QED) is 0.847. The third-order valence-electron chi connectivity index (χ3n) is 3.55. The van der Waals surface area contributed by atoms with Crippen LogP contribution in [-0.2, 0) is 6.54 Å². The van der Waals surface area contributed by atoms with E-state index in [1.165, 1.54) is 6.42 Å². The monoisotopic (exact) mass is 272 g/mol. The van der Waals surface area contributed by atoms with E-state index in [-0.39, 0.29) is 0 Å². The normalized spacial score (nSPS) is 20.7. The third kappa shape index (κ3) is 3.70. The minimum Gasteiger partial charge on any atom is -0.319 e. The van der Waals surface area contributed by atoms with E-state index in [2.05, 4.69) is 10.2 Å². The van der Waals surface area contributed by atoms with Crippen molar-refractivity contribution in [3.05, 3.63) is 35.1 Å². The fraction of sp³-hybridized carbons (Fsp3) is 0.571. The Labute approximate surface area is 111 Å². The lowest BCUT2D eigenvalue weighted by Crippen LogP contribution is -2.38. The summed E-state index contributed by atoms with van der Waals surface area (Å²) in [6.07, 6.45) is 2.25. The van der Waals surface area contributed by atoms with Gasteiger partial charge in [-0.15, -0.1) is 0 Å². The van der Waals surface area contributed by atoms with Crippen LogP contribution in [0.25, 0.3) is 0 Å². The first-order valence-electron chi connectivity index (χ1n) is 6.60. The second kappa shape index (κ2) is 6.39. The molecule has 1 unspecified atom stereocenters. The van der Waals surface area contributed by atoms with Gasteiger partial charge in [0.25, 0.3) is 0 Å². The van der Waals surface area contributed by atoms with Crippen molar-refractivity contribution in [3.8, 4) is 0 Å². The Hall–Kier alpha value is -1.07. The number of benzene rings is 1. The Kier molecular flexibility index (Phi) is 4.82. The van der Waals surface area contributed by atoms with E-state index in [0.29, 0.717) is 18.0 Å². The molecule has 2 rings (SSSR count). The van der Waals surface area contributed by atoms with E-state index in [4.69, 9.17) is 0 Å². The number of hydrogen-bond acceptors (Lipinski definition) is 2. The number of likely N-dealkylation sites (tertiary alicyclic amines) is 1. The van der Waals surface area contributed by atoms with E-state index in [1.54, 1.807) is 0 Å². The third-order valence-corrected chi connectivity index (χ3v) is 3.55. The molecule has 1 aromatic rings. The van der Waals surface area contributed by atoms with Crippen LogP contribution in [0.4, 0.5) is 13.2 Å². The van der Waals surface area contributed by atoms with Crippen molar-refractivity contribution in [2.45, 2.75) is 19.4 Å². The number of piperidine rings is 1. The maximum Gasteiger partial charge on any atom is 0.194 e. The molecule has 1 fully saturated rings. The number of hydrogen-bond donors (Lipinski definition) is 1. The zero-order valence-electron chi connectivity index (χ0n) is 11.1. The Morgan fingerprint density at radius 2 is 1.95 bits per heavy atom. The lowest BCUT2D eigenvalue weighted by molar-refractivity contribution is 0.166. The van der Waals surface area contributed by atoms with Crippen molar-refractivity contribution in [2.75, 3.05) is 26.7 Å². The summed E-state index contributed by atoms with van der Waals surface area (Å²) in [5.41, 5.74) is 0.488. The molecule has 1 saturated heterocycles. The summed E-state index contributed by atoms with van der Waals surface area (Å²) in [5, 5.41) is 3.15. The summed E-state index contributed by atoms with van der Waals surface area (Å²) in [7, 11) is 1.92. The molecule has 0 bridgehead atoms. The number of nitrogens with one attached hydrogen (secondary N) is 1. The lowest BCUT2D eigenvalue weighted by Gasteiger charge is -2.32. The number of nitrogens with zero attached hydrogens (tertiary/aromatic N) is 1. The Morgan fingerprint density at radius 1 is 1.26 bits per heavy atom. The first-order chi connectivity index (χ1) is 9.10. The van der Waals surface area contributed by atoms with Gasteiger partial charge in [0, 0.05) is 13.1 Å². The Morgan fingerprint density at radius 3 is 2.58 bits per heavy atom. The van der Waals surface area contributed by atoms with Gasteiger partial charge in [0.05, 0.1) is 0 Å². The fourth-order valence-electron chi connectivity index (χ4n) is 2.71. The molecular formula is C14H19F3N2. The molecular weight excluding hydrogens is 253 g/mol. The molecule has 19 heavy (non-hydrogen) atoms. The highest BCUT2D eigenvalue weighted by atomic mass is 19.2. The second-order valence-corrected chi connectivity index (χ2v) is 5.17. The molecule has 5 heteroatoms. The standard InChI is InChI=1S/C14H19F3N2/c1-18-7-10-3-2-4-19(8-10)9-11-5-12(15)14(17)13(16)6-11/h5-6,10,18H,2-4,7-9H2,1H3. The van der Waals surface area contributed by atoms with Crippen molar-refractivity contribution < 1.29 is 13.2 Å². The minimum absolute atomic E-state index is 0.467. The average molecular weight is 272 g/mol. The maximum atomic E-state index is 13.1.